The number of carbonyl (C=O) groups is 2. The third-order valence-electron chi connectivity index (χ3n) is 6.50. The van der Waals surface area contributed by atoms with Gasteiger partial charge in [-0.15, -0.1) is 0 Å². The summed E-state index contributed by atoms with van der Waals surface area (Å²) in [5.74, 6) is -2.40. The van der Waals surface area contributed by atoms with Crippen LogP contribution in [-0.2, 0) is 11.4 Å². The van der Waals surface area contributed by atoms with Crippen LogP contribution in [0, 0.1) is 11.6 Å². The molecule has 1 aliphatic rings. The minimum atomic E-state index is -0.889. The fourth-order valence-electron chi connectivity index (χ4n) is 4.39. The number of nitrogens with zero attached hydrogens (tertiary/aromatic N) is 4. The second-order valence-corrected chi connectivity index (χ2v) is 9.72. The normalized spacial score (nSPS) is 16.0. The first-order valence-corrected chi connectivity index (χ1v) is 12.1. The number of benzene rings is 1. The van der Waals surface area contributed by atoms with Gasteiger partial charge in [0.15, 0.2) is 17.4 Å². The summed E-state index contributed by atoms with van der Waals surface area (Å²) in [6.45, 7) is 6.15. The number of amides is 2. The van der Waals surface area contributed by atoms with Gasteiger partial charge in [-0.2, -0.15) is 0 Å². The molecule has 0 bridgehead atoms. The zero-order valence-corrected chi connectivity index (χ0v) is 21.6. The average Bonchev–Trinajstić information content (AvgIpc) is 2.89. The number of pyridine rings is 1. The van der Waals surface area contributed by atoms with Crippen LogP contribution in [0.15, 0.2) is 47.7 Å². The molecule has 4 rings (SSSR count). The van der Waals surface area contributed by atoms with E-state index in [4.69, 9.17) is 4.74 Å². The minimum Gasteiger partial charge on any atom is -0.434 e. The van der Waals surface area contributed by atoms with Crippen LogP contribution >= 0.6 is 0 Å². The minimum absolute atomic E-state index is 0.0408. The lowest BCUT2D eigenvalue weighted by atomic mass is 9.95. The Morgan fingerprint density at radius 3 is 2.62 bits per heavy atom. The molecule has 13 heteroatoms. The van der Waals surface area contributed by atoms with Crippen LogP contribution in [0.1, 0.15) is 36.7 Å². The van der Waals surface area contributed by atoms with Gasteiger partial charge in [-0.05, 0) is 38.5 Å². The highest BCUT2D eigenvalue weighted by molar-refractivity contribution is 5.96. The van der Waals surface area contributed by atoms with Gasteiger partial charge in [-0.25, -0.2) is 18.7 Å². The molecule has 1 aliphatic heterocycles. The Morgan fingerprint density at radius 1 is 1.21 bits per heavy atom. The van der Waals surface area contributed by atoms with Gasteiger partial charge in [0.05, 0.1) is 36.1 Å². The monoisotopic (exact) mass is 542 g/mol. The molecule has 3 heterocycles. The van der Waals surface area contributed by atoms with Crippen LogP contribution in [0.5, 0.6) is 11.6 Å². The highest BCUT2D eigenvalue weighted by atomic mass is 19.1. The molecular formula is C26H28F2N6O5. The van der Waals surface area contributed by atoms with Gasteiger partial charge in [0.25, 0.3) is 5.91 Å². The van der Waals surface area contributed by atoms with E-state index in [2.05, 4.69) is 20.3 Å². The maximum Gasteiger partial charge on any atom is 0.256 e. The molecular weight excluding hydrogens is 514 g/mol. The molecule has 39 heavy (non-hydrogen) atoms. The van der Waals surface area contributed by atoms with Crippen LogP contribution < -0.4 is 15.6 Å². The van der Waals surface area contributed by atoms with Crippen molar-refractivity contribution in [2.45, 2.75) is 39.0 Å². The van der Waals surface area contributed by atoms with E-state index in [1.165, 1.54) is 24.7 Å². The molecule has 0 unspecified atom stereocenters. The van der Waals surface area contributed by atoms with Gasteiger partial charge in [-0.1, -0.05) is 0 Å². The SMILES string of the molecule is C[C@@H](C(=O)Nc1cnc(Oc2ccc(F)cc2F)cn1)N1CCN(C(=O)c2c[nH]c(=O)cc2CO)C(C)(C)C1. The van der Waals surface area contributed by atoms with Crippen LogP contribution in [0.25, 0.3) is 0 Å². The van der Waals surface area contributed by atoms with Crippen LogP contribution in [0.2, 0.25) is 0 Å². The van der Waals surface area contributed by atoms with Crippen molar-refractivity contribution in [3.8, 4) is 11.6 Å². The lowest BCUT2D eigenvalue weighted by molar-refractivity contribution is -0.122. The van der Waals surface area contributed by atoms with Crippen molar-refractivity contribution in [1.82, 2.24) is 24.8 Å². The Balaban J connectivity index is 1.37. The zero-order valence-electron chi connectivity index (χ0n) is 21.6. The lowest BCUT2D eigenvalue weighted by Gasteiger charge is -2.48. The Kier molecular flexibility index (Phi) is 8.02. The number of H-pyrrole nitrogens is 1. The number of hydrogen-bond acceptors (Lipinski definition) is 8. The fraction of sp³-hybridized carbons (Fsp3) is 0.346. The molecule has 1 fully saturated rings. The molecule has 3 aromatic rings. The predicted molar refractivity (Wildman–Crippen MR) is 136 cm³/mol. The van der Waals surface area contributed by atoms with Gasteiger partial charge in [0.1, 0.15) is 5.82 Å². The van der Waals surface area contributed by atoms with Crippen molar-refractivity contribution in [3.05, 3.63) is 76.0 Å². The van der Waals surface area contributed by atoms with Crippen molar-refractivity contribution >= 4 is 17.6 Å². The van der Waals surface area contributed by atoms with E-state index < -0.39 is 35.4 Å². The summed E-state index contributed by atoms with van der Waals surface area (Å²) in [4.78, 5) is 51.9. The number of anilines is 1. The number of hydrogen-bond donors (Lipinski definition) is 3. The first-order valence-electron chi connectivity index (χ1n) is 12.1. The molecule has 0 radical (unpaired) electrons. The second-order valence-electron chi connectivity index (χ2n) is 9.72. The molecule has 1 saturated heterocycles. The molecule has 3 N–H and O–H groups in total. The van der Waals surface area contributed by atoms with E-state index in [0.717, 1.165) is 12.1 Å². The van der Waals surface area contributed by atoms with Gasteiger partial charge in [-0.3, -0.25) is 19.3 Å². The Bertz CT molecular complexity index is 1430. The summed E-state index contributed by atoms with van der Waals surface area (Å²) < 4.78 is 32.1. The Labute approximate surface area is 222 Å². The van der Waals surface area contributed by atoms with Crippen molar-refractivity contribution < 1.29 is 28.2 Å². The van der Waals surface area contributed by atoms with Gasteiger partial charge < -0.3 is 25.0 Å². The number of aliphatic hydroxyl groups is 1. The van der Waals surface area contributed by atoms with Gasteiger partial charge >= 0.3 is 0 Å². The van der Waals surface area contributed by atoms with Crippen LogP contribution in [0.4, 0.5) is 14.6 Å². The maximum absolute atomic E-state index is 13.8. The fourth-order valence-corrected chi connectivity index (χ4v) is 4.39. The third-order valence-corrected chi connectivity index (χ3v) is 6.50. The molecule has 206 valence electrons. The predicted octanol–water partition coefficient (Wildman–Crippen LogP) is 2.29. The summed E-state index contributed by atoms with van der Waals surface area (Å²) in [7, 11) is 0. The van der Waals surface area contributed by atoms with E-state index in [1.807, 2.05) is 18.7 Å². The third kappa shape index (κ3) is 6.26. The number of piperazine rings is 1. The molecule has 0 spiro atoms. The largest absolute Gasteiger partial charge is 0.434 e. The summed E-state index contributed by atoms with van der Waals surface area (Å²) >= 11 is 0. The lowest BCUT2D eigenvalue weighted by Crippen LogP contribution is -2.63. The van der Waals surface area contributed by atoms with E-state index in [1.54, 1.807) is 11.8 Å². The molecule has 2 amide bonds. The van der Waals surface area contributed by atoms with E-state index in [9.17, 15) is 28.3 Å². The van der Waals surface area contributed by atoms with Crippen molar-refractivity contribution in [1.29, 1.82) is 0 Å². The number of rotatable bonds is 7. The number of halogens is 2. The molecule has 2 aromatic heterocycles. The summed E-state index contributed by atoms with van der Waals surface area (Å²) in [6, 6.07) is 3.49. The van der Waals surface area contributed by atoms with Crippen molar-refractivity contribution in [2.75, 3.05) is 25.0 Å². The number of aliphatic hydroxyl groups excluding tert-OH is 1. The molecule has 1 atom stereocenters. The Morgan fingerprint density at radius 2 is 1.97 bits per heavy atom. The standard InChI is InChI=1S/C26H28F2N6O5/c1-15(24(37)32-21-11-31-23(12-29-21)39-20-5-4-17(27)9-19(20)28)33-6-7-34(26(2,3)14-33)25(38)18-10-30-22(36)8-16(18)13-35/h4-5,8-12,15,35H,6-7,13-14H2,1-3H3,(H,30,36)(H,29,32,37)/t15-/m0/s1. The summed E-state index contributed by atoms with van der Waals surface area (Å²) in [5.41, 5.74) is -0.609. The molecule has 0 aliphatic carbocycles. The first-order chi connectivity index (χ1) is 18.5. The number of ether oxygens (including phenoxy) is 1. The highest BCUT2D eigenvalue weighted by Gasteiger charge is 2.40. The van der Waals surface area contributed by atoms with Crippen molar-refractivity contribution in [3.63, 3.8) is 0 Å². The second kappa shape index (κ2) is 11.3. The molecule has 11 nitrogen and oxygen atoms in total. The van der Waals surface area contributed by atoms with E-state index in [-0.39, 0.29) is 40.4 Å². The number of aromatic amines is 1. The topological polar surface area (TPSA) is 141 Å². The van der Waals surface area contributed by atoms with Crippen LogP contribution in [-0.4, -0.2) is 72.9 Å². The Hall–Kier alpha value is -4.23. The highest BCUT2D eigenvalue weighted by Crippen LogP contribution is 2.26. The number of aromatic nitrogens is 3. The zero-order chi connectivity index (χ0) is 28.3. The van der Waals surface area contributed by atoms with Crippen LogP contribution in [0.3, 0.4) is 0 Å². The molecule has 1 aromatic carbocycles. The quantitative estimate of drug-likeness (QED) is 0.413. The van der Waals surface area contributed by atoms with Gasteiger partial charge in [0.2, 0.25) is 17.3 Å². The number of carbonyl (C=O) groups excluding carboxylic acids is 2. The van der Waals surface area contributed by atoms with Crippen molar-refractivity contribution in [2.24, 2.45) is 0 Å². The number of nitrogens with one attached hydrogen (secondary N) is 2. The summed E-state index contributed by atoms with van der Waals surface area (Å²) in [5, 5.41) is 12.3. The van der Waals surface area contributed by atoms with E-state index >= 15 is 0 Å². The average molecular weight is 543 g/mol. The smallest absolute Gasteiger partial charge is 0.256 e. The first kappa shape index (κ1) is 27.8. The summed E-state index contributed by atoms with van der Waals surface area (Å²) in [6.07, 6.45) is 3.77. The van der Waals surface area contributed by atoms with Gasteiger partial charge in [0, 0.05) is 38.0 Å². The van der Waals surface area contributed by atoms with E-state index in [0.29, 0.717) is 25.7 Å². The maximum atomic E-state index is 13.8. The molecule has 0 saturated carbocycles.